The summed E-state index contributed by atoms with van der Waals surface area (Å²) in [6.07, 6.45) is 5.92. The van der Waals surface area contributed by atoms with E-state index in [2.05, 4.69) is 11.4 Å². The van der Waals surface area contributed by atoms with Crippen LogP contribution in [0, 0.1) is 31.1 Å². The van der Waals surface area contributed by atoms with Crippen molar-refractivity contribution in [3.63, 3.8) is 0 Å². The molecule has 10 nitrogen and oxygen atoms in total. The molecular formula is C28H37N5O5. The summed E-state index contributed by atoms with van der Waals surface area (Å²) in [6.45, 7) is 6.30. The predicted octanol–water partition coefficient (Wildman–Crippen LogP) is 2.66. The molecule has 0 saturated carbocycles. The molecule has 0 spiro atoms. The van der Waals surface area contributed by atoms with Gasteiger partial charge >= 0.3 is 6.09 Å². The van der Waals surface area contributed by atoms with Gasteiger partial charge in [-0.15, -0.1) is 0 Å². The van der Waals surface area contributed by atoms with Crippen molar-refractivity contribution in [2.45, 2.75) is 64.5 Å². The molecule has 0 aliphatic carbocycles. The number of rotatable bonds is 4. The molecule has 0 aromatic heterocycles. The minimum atomic E-state index is -0.877. The smallest absolute Gasteiger partial charge is 0.410 e. The highest BCUT2D eigenvalue weighted by Gasteiger charge is 2.42. The van der Waals surface area contributed by atoms with E-state index in [4.69, 9.17) is 4.74 Å². The van der Waals surface area contributed by atoms with E-state index in [0.717, 1.165) is 47.9 Å². The van der Waals surface area contributed by atoms with E-state index in [1.54, 1.807) is 15.3 Å². The number of aryl methyl sites for hydroxylation is 2. The van der Waals surface area contributed by atoms with Crippen molar-refractivity contribution in [3.05, 3.63) is 40.5 Å². The molecule has 0 radical (unpaired) electrons. The first-order valence-electron chi connectivity index (χ1n) is 13.4. The SMILES string of the molecule is Cc1cc(C2=CCN(C(=O)[C@H]3NC[C@@H](OC(=O)N4CCCCCC4)C[C@@H]3C(=O)NO)CC2)cc(C)c1C#N. The summed E-state index contributed by atoms with van der Waals surface area (Å²) < 4.78 is 5.69. The minimum absolute atomic E-state index is 0.147. The van der Waals surface area contributed by atoms with E-state index >= 15 is 0 Å². The Morgan fingerprint density at radius 2 is 1.76 bits per heavy atom. The van der Waals surface area contributed by atoms with Crippen LogP contribution in [0.4, 0.5) is 4.79 Å². The second kappa shape index (κ2) is 12.4. The van der Waals surface area contributed by atoms with Crippen LogP contribution in [-0.4, -0.2) is 77.8 Å². The average molecular weight is 524 g/mol. The van der Waals surface area contributed by atoms with E-state index in [-0.39, 0.29) is 18.9 Å². The van der Waals surface area contributed by atoms with Crippen LogP contribution in [0.5, 0.6) is 0 Å². The van der Waals surface area contributed by atoms with Gasteiger partial charge < -0.3 is 19.9 Å². The first-order chi connectivity index (χ1) is 18.3. The predicted molar refractivity (Wildman–Crippen MR) is 140 cm³/mol. The van der Waals surface area contributed by atoms with Crippen LogP contribution >= 0.6 is 0 Å². The molecule has 3 aliphatic rings. The molecule has 38 heavy (non-hydrogen) atoms. The fourth-order valence-electron chi connectivity index (χ4n) is 5.72. The molecule has 2 fully saturated rings. The Morgan fingerprint density at radius 3 is 2.34 bits per heavy atom. The Kier molecular flexibility index (Phi) is 9.02. The van der Waals surface area contributed by atoms with Gasteiger partial charge in [0.1, 0.15) is 6.10 Å². The maximum Gasteiger partial charge on any atom is 0.410 e. The topological polar surface area (TPSA) is 135 Å². The Hall–Kier alpha value is -3.42. The van der Waals surface area contributed by atoms with Gasteiger partial charge in [-0.2, -0.15) is 5.26 Å². The van der Waals surface area contributed by atoms with Gasteiger partial charge in [0.2, 0.25) is 11.8 Å². The third-order valence-electron chi connectivity index (χ3n) is 7.87. The van der Waals surface area contributed by atoms with Crippen LogP contribution in [0.2, 0.25) is 0 Å². The van der Waals surface area contributed by atoms with E-state index in [0.29, 0.717) is 38.2 Å². The largest absolute Gasteiger partial charge is 0.445 e. The summed E-state index contributed by atoms with van der Waals surface area (Å²) in [5, 5.41) is 21.8. The summed E-state index contributed by atoms with van der Waals surface area (Å²) in [5.41, 5.74) is 6.39. The number of hydrogen-bond donors (Lipinski definition) is 3. The molecule has 0 bridgehead atoms. The molecule has 3 aliphatic heterocycles. The first-order valence-corrected chi connectivity index (χ1v) is 13.4. The normalized spacial score (nSPS) is 24.1. The number of hydroxylamine groups is 1. The van der Waals surface area contributed by atoms with Crippen LogP contribution in [0.25, 0.3) is 5.57 Å². The van der Waals surface area contributed by atoms with E-state index in [9.17, 15) is 24.9 Å². The molecule has 10 heteroatoms. The summed E-state index contributed by atoms with van der Waals surface area (Å²) in [6, 6.07) is 5.43. The lowest BCUT2D eigenvalue weighted by Gasteiger charge is -2.38. The van der Waals surface area contributed by atoms with Crippen molar-refractivity contribution >= 4 is 23.5 Å². The number of ether oxygens (including phenoxy) is 1. The molecule has 4 rings (SSSR count). The Morgan fingerprint density at radius 1 is 1.08 bits per heavy atom. The Bertz CT molecular complexity index is 1110. The van der Waals surface area contributed by atoms with E-state index < -0.39 is 30.1 Å². The van der Waals surface area contributed by atoms with Crippen LogP contribution in [0.3, 0.4) is 0 Å². The van der Waals surface area contributed by atoms with Crippen LogP contribution < -0.4 is 10.8 Å². The zero-order valence-electron chi connectivity index (χ0n) is 22.2. The molecule has 204 valence electrons. The van der Waals surface area contributed by atoms with Crippen molar-refractivity contribution in [1.29, 1.82) is 5.26 Å². The van der Waals surface area contributed by atoms with E-state index in [1.165, 1.54) is 0 Å². The maximum atomic E-state index is 13.5. The third-order valence-corrected chi connectivity index (χ3v) is 7.87. The quantitative estimate of drug-likeness (QED) is 0.408. The molecule has 3 amide bonds. The molecule has 2 saturated heterocycles. The first kappa shape index (κ1) is 27.6. The number of carbonyl (C=O) groups is 3. The van der Waals surface area contributed by atoms with Crippen LogP contribution in [-0.2, 0) is 14.3 Å². The van der Waals surface area contributed by atoms with Gasteiger partial charge in [-0.05, 0) is 61.8 Å². The molecule has 1 aromatic carbocycles. The average Bonchev–Trinajstić information content (AvgIpc) is 3.22. The van der Waals surface area contributed by atoms with E-state index in [1.807, 2.05) is 32.1 Å². The fraction of sp³-hybridized carbons (Fsp3) is 0.571. The zero-order chi connectivity index (χ0) is 27.2. The van der Waals surface area contributed by atoms with Crippen molar-refractivity contribution in [2.75, 3.05) is 32.7 Å². The summed E-state index contributed by atoms with van der Waals surface area (Å²) in [5.74, 6) is -1.78. The van der Waals surface area contributed by atoms with Crippen molar-refractivity contribution in [3.8, 4) is 6.07 Å². The van der Waals surface area contributed by atoms with Gasteiger partial charge in [0.15, 0.2) is 0 Å². The number of nitriles is 1. The van der Waals surface area contributed by atoms with Gasteiger partial charge in [-0.25, -0.2) is 10.3 Å². The van der Waals surface area contributed by atoms with Gasteiger partial charge in [0, 0.05) is 32.7 Å². The van der Waals surface area contributed by atoms with Crippen molar-refractivity contribution in [1.82, 2.24) is 20.6 Å². The molecule has 3 atom stereocenters. The number of piperidine rings is 1. The van der Waals surface area contributed by atoms with Gasteiger partial charge in [-0.3, -0.25) is 14.8 Å². The summed E-state index contributed by atoms with van der Waals surface area (Å²) in [4.78, 5) is 42.1. The second-order valence-corrected chi connectivity index (χ2v) is 10.5. The number of carbonyl (C=O) groups excluding carboxylic acids is 3. The molecule has 3 N–H and O–H groups in total. The molecular weight excluding hydrogens is 486 g/mol. The lowest BCUT2D eigenvalue weighted by Crippen LogP contribution is -2.60. The zero-order valence-corrected chi connectivity index (χ0v) is 22.2. The number of benzene rings is 1. The molecule has 3 heterocycles. The second-order valence-electron chi connectivity index (χ2n) is 10.5. The highest BCUT2D eigenvalue weighted by atomic mass is 16.6. The summed E-state index contributed by atoms with van der Waals surface area (Å²) in [7, 11) is 0. The lowest BCUT2D eigenvalue weighted by molar-refractivity contribution is -0.145. The molecule has 0 unspecified atom stereocenters. The monoisotopic (exact) mass is 523 g/mol. The minimum Gasteiger partial charge on any atom is -0.445 e. The third kappa shape index (κ3) is 6.17. The highest BCUT2D eigenvalue weighted by Crippen LogP contribution is 2.28. The van der Waals surface area contributed by atoms with Crippen molar-refractivity contribution in [2.24, 2.45) is 5.92 Å². The number of nitrogens with one attached hydrogen (secondary N) is 2. The van der Waals surface area contributed by atoms with Gasteiger partial charge in [-0.1, -0.05) is 31.1 Å². The van der Waals surface area contributed by atoms with Crippen LogP contribution in [0.1, 0.15) is 60.8 Å². The number of nitrogens with zero attached hydrogens (tertiary/aromatic N) is 3. The highest BCUT2D eigenvalue weighted by molar-refractivity contribution is 5.90. The standard InChI is InChI=1S/C28H37N5O5/c1-18-13-21(14-19(2)24(18)16-29)20-7-11-32(12-8-20)27(35)25-23(26(34)31-37)15-22(17-30-25)38-28(36)33-9-5-3-4-6-10-33/h7,13-14,22-23,25,30,37H,3-6,8-12,15,17H2,1-2H3,(H,31,34)/t22-,23-,25-/m0/s1. The number of hydrogen-bond acceptors (Lipinski definition) is 7. The maximum absolute atomic E-state index is 13.5. The number of likely N-dealkylation sites (tertiary alicyclic amines) is 1. The Balaban J connectivity index is 1.40. The number of amides is 3. The van der Waals surface area contributed by atoms with Crippen LogP contribution in [0.15, 0.2) is 18.2 Å². The fourth-order valence-corrected chi connectivity index (χ4v) is 5.72. The van der Waals surface area contributed by atoms with Gasteiger partial charge in [0.05, 0.1) is 23.6 Å². The summed E-state index contributed by atoms with van der Waals surface area (Å²) >= 11 is 0. The Labute approximate surface area is 223 Å². The van der Waals surface area contributed by atoms with Crippen molar-refractivity contribution < 1.29 is 24.3 Å². The van der Waals surface area contributed by atoms with Gasteiger partial charge in [0.25, 0.3) is 0 Å². The molecule has 1 aromatic rings. The lowest BCUT2D eigenvalue weighted by atomic mass is 9.87.